The van der Waals surface area contributed by atoms with Gasteiger partial charge in [-0.3, -0.25) is 4.68 Å². The molecule has 1 aromatic heterocycles. The summed E-state index contributed by atoms with van der Waals surface area (Å²) in [4.78, 5) is 0. The number of ether oxygens (including phenoxy) is 2. The number of nitrogens with one attached hydrogen (secondary N) is 1. The molecule has 0 amide bonds. The standard InChI is InChI=1S/C12H23N3O2/c1-11-12(10-14-15(11)2)9-13-5-8-17-7-4-6-16-3/h10,13H,4-9H2,1-3H3. The zero-order chi connectivity index (χ0) is 12.5. The van der Waals surface area contributed by atoms with Crippen LogP contribution in [0.4, 0.5) is 0 Å². The van der Waals surface area contributed by atoms with E-state index in [0.717, 1.165) is 39.3 Å². The van der Waals surface area contributed by atoms with Gasteiger partial charge in [0, 0.05) is 51.7 Å². The number of methoxy groups -OCH3 is 1. The summed E-state index contributed by atoms with van der Waals surface area (Å²) in [6.45, 7) is 6.06. The summed E-state index contributed by atoms with van der Waals surface area (Å²) in [6, 6.07) is 0. The fourth-order valence-corrected chi connectivity index (χ4v) is 1.49. The Morgan fingerprint density at radius 2 is 2.18 bits per heavy atom. The van der Waals surface area contributed by atoms with Gasteiger partial charge in [0.05, 0.1) is 12.8 Å². The highest BCUT2D eigenvalue weighted by Gasteiger charge is 2.01. The van der Waals surface area contributed by atoms with Crippen molar-refractivity contribution in [1.82, 2.24) is 15.1 Å². The third kappa shape index (κ3) is 5.30. The average Bonchev–Trinajstić information content (AvgIpc) is 2.64. The zero-order valence-electron chi connectivity index (χ0n) is 11.0. The van der Waals surface area contributed by atoms with Gasteiger partial charge in [-0.15, -0.1) is 0 Å². The van der Waals surface area contributed by atoms with Crippen LogP contribution in [0.3, 0.4) is 0 Å². The molecule has 17 heavy (non-hydrogen) atoms. The van der Waals surface area contributed by atoms with E-state index in [-0.39, 0.29) is 0 Å². The van der Waals surface area contributed by atoms with E-state index in [0.29, 0.717) is 0 Å². The summed E-state index contributed by atoms with van der Waals surface area (Å²) in [5.74, 6) is 0. The minimum Gasteiger partial charge on any atom is -0.385 e. The first-order valence-corrected chi connectivity index (χ1v) is 6.00. The summed E-state index contributed by atoms with van der Waals surface area (Å²) in [5, 5.41) is 7.53. The van der Waals surface area contributed by atoms with Crippen molar-refractivity contribution in [3.8, 4) is 0 Å². The van der Waals surface area contributed by atoms with Gasteiger partial charge in [0.15, 0.2) is 0 Å². The summed E-state index contributed by atoms with van der Waals surface area (Å²) >= 11 is 0. The molecule has 0 saturated carbocycles. The molecule has 0 bridgehead atoms. The highest BCUT2D eigenvalue weighted by Crippen LogP contribution is 2.04. The largest absolute Gasteiger partial charge is 0.385 e. The van der Waals surface area contributed by atoms with Crippen LogP contribution in [-0.4, -0.2) is 43.3 Å². The molecule has 0 aliphatic rings. The topological polar surface area (TPSA) is 48.3 Å². The number of nitrogens with zero attached hydrogens (tertiary/aromatic N) is 2. The smallest absolute Gasteiger partial charge is 0.0591 e. The van der Waals surface area contributed by atoms with Crippen LogP contribution < -0.4 is 5.32 Å². The van der Waals surface area contributed by atoms with Crippen LogP contribution >= 0.6 is 0 Å². The Labute approximate surface area is 103 Å². The first kappa shape index (κ1) is 14.2. The van der Waals surface area contributed by atoms with E-state index < -0.39 is 0 Å². The van der Waals surface area contributed by atoms with Gasteiger partial charge < -0.3 is 14.8 Å². The monoisotopic (exact) mass is 241 g/mol. The molecule has 0 spiro atoms. The minimum absolute atomic E-state index is 0.739. The van der Waals surface area contributed by atoms with Gasteiger partial charge in [0.1, 0.15) is 0 Å². The summed E-state index contributed by atoms with van der Waals surface area (Å²) in [5.41, 5.74) is 2.45. The van der Waals surface area contributed by atoms with E-state index in [9.17, 15) is 0 Å². The third-order valence-corrected chi connectivity index (χ3v) is 2.71. The summed E-state index contributed by atoms with van der Waals surface area (Å²) < 4.78 is 12.3. The molecular formula is C12H23N3O2. The highest BCUT2D eigenvalue weighted by atomic mass is 16.5. The number of rotatable bonds is 9. The van der Waals surface area contributed by atoms with Crippen molar-refractivity contribution in [2.45, 2.75) is 19.9 Å². The lowest BCUT2D eigenvalue weighted by molar-refractivity contribution is 0.104. The Kier molecular flexibility index (Phi) is 6.84. The molecule has 0 aromatic carbocycles. The fourth-order valence-electron chi connectivity index (χ4n) is 1.49. The predicted molar refractivity (Wildman–Crippen MR) is 67.0 cm³/mol. The van der Waals surface area contributed by atoms with Crippen LogP contribution in [0.2, 0.25) is 0 Å². The second-order valence-electron chi connectivity index (χ2n) is 4.01. The fraction of sp³-hybridized carbons (Fsp3) is 0.750. The highest BCUT2D eigenvalue weighted by molar-refractivity contribution is 5.15. The average molecular weight is 241 g/mol. The quantitative estimate of drug-likeness (QED) is 0.652. The molecule has 98 valence electrons. The first-order chi connectivity index (χ1) is 8.25. The van der Waals surface area contributed by atoms with Crippen molar-refractivity contribution in [2.75, 3.05) is 33.5 Å². The molecule has 0 fully saturated rings. The van der Waals surface area contributed by atoms with Crippen LogP contribution in [0, 0.1) is 6.92 Å². The van der Waals surface area contributed by atoms with Gasteiger partial charge in [0.2, 0.25) is 0 Å². The maximum absolute atomic E-state index is 5.45. The van der Waals surface area contributed by atoms with Crippen LogP contribution in [-0.2, 0) is 23.1 Å². The molecule has 0 unspecified atom stereocenters. The molecule has 0 radical (unpaired) electrons. The molecule has 1 N–H and O–H groups in total. The minimum atomic E-state index is 0.739. The van der Waals surface area contributed by atoms with Gasteiger partial charge >= 0.3 is 0 Å². The molecule has 0 aliphatic heterocycles. The molecule has 5 nitrogen and oxygen atoms in total. The van der Waals surface area contributed by atoms with E-state index in [1.165, 1.54) is 11.3 Å². The molecule has 0 atom stereocenters. The molecule has 0 aliphatic carbocycles. The molecule has 1 rings (SSSR count). The van der Waals surface area contributed by atoms with Gasteiger partial charge in [-0.1, -0.05) is 0 Å². The zero-order valence-corrected chi connectivity index (χ0v) is 11.0. The molecule has 5 heteroatoms. The number of hydrogen-bond acceptors (Lipinski definition) is 4. The van der Waals surface area contributed by atoms with Crippen molar-refractivity contribution in [3.63, 3.8) is 0 Å². The van der Waals surface area contributed by atoms with E-state index in [2.05, 4.69) is 17.3 Å². The van der Waals surface area contributed by atoms with E-state index in [4.69, 9.17) is 9.47 Å². The Morgan fingerprint density at radius 3 is 2.82 bits per heavy atom. The Bertz CT molecular complexity index is 313. The Balaban J connectivity index is 1.99. The normalized spacial score (nSPS) is 11.0. The lowest BCUT2D eigenvalue weighted by Gasteiger charge is -2.06. The molecule has 1 aromatic rings. The number of aromatic nitrogens is 2. The van der Waals surface area contributed by atoms with Crippen molar-refractivity contribution in [1.29, 1.82) is 0 Å². The number of aryl methyl sites for hydroxylation is 1. The van der Waals surface area contributed by atoms with Crippen LogP contribution in [0.1, 0.15) is 17.7 Å². The first-order valence-electron chi connectivity index (χ1n) is 6.00. The maximum atomic E-state index is 5.45. The van der Waals surface area contributed by atoms with Gasteiger partial charge in [-0.25, -0.2) is 0 Å². The van der Waals surface area contributed by atoms with Crippen molar-refractivity contribution in [2.24, 2.45) is 7.05 Å². The summed E-state index contributed by atoms with van der Waals surface area (Å²) in [6.07, 6.45) is 2.86. The van der Waals surface area contributed by atoms with Gasteiger partial charge in [-0.05, 0) is 13.3 Å². The maximum Gasteiger partial charge on any atom is 0.0591 e. The van der Waals surface area contributed by atoms with Crippen molar-refractivity contribution >= 4 is 0 Å². The van der Waals surface area contributed by atoms with E-state index in [1.54, 1.807) is 7.11 Å². The van der Waals surface area contributed by atoms with Crippen LogP contribution in [0.15, 0.2) is 6.20 Å². The third-order valence-electron chi connectivity index (χ3n) is 2.71. The predicted octanol–water partition coefficient (Wildman–Crippen LogP) is 0.871. The Morgan fingerprint density at radius 1 is 1.35 bits per heavy atom. The molecular weight excluding hydrogens is 218 g/mol. The second-order valence-corrected chi connectivity index (χ2v) is 4.01. The Hall–Kier alpha value is -0.910. The molecule has 1 heterocycles. The van der Waals surface area contributed by atoms with E-state index in [1.807, 2.05) is 17.9 Å². The van der Waals surface area contributed by atoms with Crippen molar-refractivity contribution < 1.29 is 9.47 Å². The van der Waals surface area contributed by atoms with Crippen LogP contribution in [0.5, 0.6) is 0 Å². The van der Waals surface area contributed by atoms with Gasteiger partial charge in [0.25, 0.3) is 0 Å². The lowest BCUT2D eigenvalue weighted by atomic mass is 10.2. The van der Waals surface area contributed by atoms with E-state index >= 15 is 0 Å². The second kappa shape index (κ2) is 8.22. The SMILES string of the molecule is COCCCOCCNCc1cnn(C)c1C. The number of hydrogen-bond donors (Lipinski definition) is 1. The summed E-state index contributed by atoms with van der Waals surface area (Å²) in [7, 11) is 3.66. The molecule has 0 saturated heterocycles. The van der Waals surface area contributed by atoms with Crippen LogP contribution in [0.25, 0.3) is 0 Å². The van der Waals surface area contributed by atoms with Gasteiger partial charge in [-0.2, -0.15) is 5.10 Å². The lowest BCUT2D eigenvalue weighted by Crippen LogP contribution is -2.20. The van der Waals surface area contributed by atoms with Crippen molar-refractivity contribution in [3.05, 3.63) is 17.5 Å².